The molecule has 102 valence electrons. The van der Waals surface area contributed by atoms with E-state index in [2.05, 4.69) is 11.6 Å². The van der Waals surface area contributed by atoms with Crippen LogP contribution in [0.3, 0.4) is 0 Å². The van der Waals surface area contributed by atoms with Crippen molar-refractivity contribution in [2.75, 3.05) is 12.8 Å². The van der Waals surface area contributed by atoms with Crippen molar-refractivity contribution in [3.05, 3.63) is 18.2 Å². The third-order valence-corrected chi connectivity index (χ3v) is 4.00. The maximum absolute atomic E-state index is 11.6. The lowest BCUT2D eigenvalue weighted by Gasteiger charge is -2.16. The standard InChI is InChI=1S/C12H20N2O3S/c1-4-5-9(2)17-12-7-6-10(8-11(12)13)18(15,16)14-3/h6-9,14H,4-5,13H2,1-3H3. The molecular formula is C12H20N2O3S. The monoisotopic (exact) mass is 272 g/mol. The van der Waals surface area contributed by atoms with Crippen molar-refractivity contribution in [2.24, 2.45) is 0 Å². The van der Waals surface area contributed by atoms with E-state index in [9.17, 15) is 8.42 Å². The first-order valence-corrected chi connectivity index (χ1v) is 7.38. The van der Waals surface area contributed by atoms with E-state index in [1.165, 1.54) is 19.2 Å². The largest absolute Gasteiger partial charge is 0.489 e. The molecule has 0 amide bonds. The molecular weight excluding hydrogens is 252 g/mol. The van der Waals surface area contributed by atoms with Crippen LogP contribution in [0.15, 0.2) is 23.1 Å². The number of hydrogen-bond acceptors (Lipinski definition) is 4. The van der Waals surface area contributed by atoms with Gasteiger partial charge in [0, 0.05) is 0 Å². The van der Waals surface area contributed by atoms with Gasteiger partial charge < -0.3 is 10.5 Å². The van der Waals surface area contributed by atoms with Crippen LogP contribution in [0, 0.1) is 0 Å². The molecule has 5 nitrogen and oxygen atoms in total. The normalized spacial score (nSPS) is 13.3. The molecule has 0 aliphatic rings. The average molecular weight is 272 g/mol. The third-order valence-electron chi connectivity index (χ3n) is 2.58. The van der Waals surface area contributed by atoms with Gasteiger partial charge in [-0.3, -0.25) is 0 Å². The molecule has 1 rings (SSSR count). The average Bonchev–Trinajstić information content (AvgIpc) is 2.32. The quantitative estimate of drug-likeness (QED) is 0.773. The van der Waals surface area contributed by atoms with E-state index in [-0.39, 0.29) is 11.0 Å². The highest BCUT2D eigenvalue weighted by Gasteiger charge is 2.14. The Balaban J connectivity index is 2.93. The highest BCUT2D eigenvalue weighted by Crippen LogP contribution is 2.26. The molecule has 3 N–H and O–H groups in total. The molecule has 0 aromatic heterocycles. The van der Waals surface area contributed by atoms with Gasteiger partial charge in [-0.1, -0.05) is 13.3 Å². The van der Waals surface area contributed by atoms with Crippen LogP contribution in [-0.4, -0.2) is 21.6 Å². The Morgan fingerprint density at radius 1 is 1.44 bits per heavy atom. The van der Waals surface area contributed by atoms with Gasteiger partial charge in [-0.2, -0.15) is 0 Å². The predicted octanol–water partition coefficient (Wildman–Crippen LogP) is 1.74. The molecule has 1 unspecified atom stereocenters. The van der Waals surface area contributed by atoms with Crippen molar-refractivity contribution in [1.29, 1.82) is 0 Å². The van der Waals surface area contributed by atoms with Crippen LogP contribution in [0.2, 0.25) is 0 Å². The van der Waals surface area contributed by atoms with Gasteiger partial charge in [0.2, 0.25) is 10.0 Å². The molecule has 0 spiro atoms. The van der Waals surface area contributed by atoms with Crippen molar-refractivity contribution in [1.82, 2.24) is 4.72 Å². The number of ether oxygens (including phenoxy) is 1. The molecule has 6 heteroatoms. The number of benzene rings is 1. The maximum atomic E-state index is 11.6. The zero-order valence-electron chi connectivity index (χ0n) is 10.9. The first-order valence-electron chi connectivity index (χ1n) is 5.90. The van der Waals surface area contributed by atoms with Gasteiger partial charge >= 0.3 is 0 Å². The highest BCUT2D eigenvalue weighted by atomic mass is 32.2. The van der Waals surface area contributed by atoms with Crippen LogP contribution < -0.4 is 15.2 Å². The van der Waals surface area contributed by atoms with Crippen LogP contribution in [0.25, 0.3) is 0 Å². The number of sulfonamides is 1. The molecule has 0 bridgehead atoms. The molecule has 18 heavy (non-hydrogen) atoms. The Kier molecular flexibility index (Phi) is 4.98. The summed E-state index contributed by atoms with van der Waals surface area (Å²) in [6.07, 6.45) is 2.01. The highest BCUT2D eigenvalue weighted by molar-refractivity contribution is 7.89. The Morgan fingerprint density at radius 3 is 2.61 bits per heavy atom. The fourth-order valence-electron chi connectivity index (χ4n) is 1.60. The zero-order valence-corrected chi connectivity index (χ0v) is 11.8. The van der Waals surface area contributed by atoms with Crippen LogP contribution >= 0.6 is 0 Å². The minimum Gasteiger partial charge on any atom is -0.489 e. The van der Waals surface area contributed by atoms with Gasteiger partial charge in [0.05, 0.1) is 16.7 Å². The summed E-state index contributed by atoms with van der Waals surface area (Å²) in [7, 11) is -2.10. The SMILES string of the molecule is CCCC(C)Oc1ccc(S(=O)(=O)NC)cc1N. The molecule has 0 aliphatic carbocycles. The van der Waals surface area contributed by atoms with Gasteiger partial charge in [0.1, 0.15) is 5.75 Å². The molecule has 1 atom stereocenters. The van der Waals surface area contributed by atoms with E-state index in [0.29, 0.717) is 11.4 Å². The lowest BCUT2D eigenvalue weighted by molar-refractivity contribution is 0.211. The van der Waals surface area contributed by atoms with Crippen LogP contribution in [0.4, 0.5) is 5.69 Å². The summed E-state index contributed by atoms with van der Waals surface area (Å²) in [4.78, 5) is 0.137. The fourth-order valence-corrected chi connectivity index (χ4v) is 2.37. The Hall–Kier alpha value is -1.27. The molecule has 0 saturated carbocycles. The predicted molar refractivity (Wildman–Crippen MR) is 72.1 cm³/mol. The van der Waals surface area contributed by atoms with Crippen molar-refractivity contribution in [2.45, 2.75) is 37.7 Å². The van der Waals surface area contributed by atoms with Crippen LogP contribution in [0.5, 0.6) is 5.75 Å². The minimum absolute atomic E-state index is 0.0593. The van der Waals surface area contributed by atoms with Gasteiger partial charge in [0.15, 0.2) is 0 Å². The van der Waals surface area contributed by atoms with E-state index < -0.39 is 10.0 Å². The first kappa shape index (κ1) is 14.8. The molecule has 0 saturated heterocycles. The smallest absolute Gasteiger partial charge is 0.240 e. The number of nitrogens with one attached hydrogen (secondary N) is 1. The van der Waals surface area contributed by atoms with E-state index in [1.54, 1.807) is 6.07 Å². The minimum atomic E-state index is -3.46. The van der Waals surface area contributed by atoms with Crippen LogP contribution in [-0.2, 0) is 10.0 Å². The fraction of sp³-hybridized carbons (Fsp3) is 0.500. The lowest BCUT2D eigenvalue weighted by atomic mass is 10.2. The van der Waals surface area contributed by atoms with Crippen molar-refractivity contribution < 1.29 is 13.2 Å². The number of anilines is 1. The van der Waals surface area contributed by atoms with Gasteiger partial charge in [-0.05, 0) is 38.6 Å². The summed E-state index contributed by atoms with van der Waals surface area (Å²) in [5, 5.41) is 0. The summed E-state index contributed by atoms with van der Waals surface area (Å²) in [5.74, 6) is 0.519. The van der Waals surface area contributed by atoms with E-state index in [1.807, 2.05) is 6.92 Å². The molecule has 1 aromatic carbocycles. The molecule has 0 radical (unpaired) electrons. The molecule has 0 aliphatic heterocycles. The van der Waals surface area contributed by atoms with Gasteiger partial charge in [0.25, 0.3) is 0 Å². The Labute approximate surface area is 108 Å². The second-order valence-corrected chi connectivity index (χ2v) is 6.01. The number of nitrogen functional groups attached to an aromatic ring is 1. The maximum Gasteiger partial charge on any atom is 0.240 e. The lowest BCUT2D eigenvalue weighted by Crippen LogP contribution is -2.19. The molecule has 0 fully saturated rings. The van der Waals surface area contributed by atoms with Crippen LogP contribution in [0.1, 0.15) is 26.7 Å². The number of nitrogens with two attached hydrogens (primary N) is 1. The third kappa shape index (κ3) is 3.61. The van der Waals surface area contributed by atoms with Crippen molar-refractivity contribution in [3.63, 3.8) is 0 Å². The van der Waals surface area contributed by atoms with Crippen molar-refractivity contribution >= 4 is 15.7 Å². The summed E-state index contributed by atoms with van der Waals surface area (Å²) in [6, 6.07) is 4.47. The molecule has 0 heterocycles. The second kappa shape index (κ2) is 6.06. The summed E-state index contributed by atoms with van der Waals surface area (Å²) in [5.41, 5.74) is 6.13. The summed E-state index contributed by atoms with van der Waals surface area (Å²) < 4.78 is 31.1. The zero-order chi connectivity index (χ0) is 13.8. The van der Waals surface area contributed by atoms with Gasteiger partial charge in [-0.25, -0.2) is 13.1 Å². The van der Waals surface area contributed by atoms with E-state index >= 15 is 0 Å². The second-order valence-electron chi connectivity index (χ2n) is 4.12. The molecule has 1 aromatic rings. The number of rotatable bonds is 6. The topological polar surface area (TPSA) is 81.4 Å². The Bertz CT molecular complexity index is 500. The van der Waals surface area contributed by atoms with E-state index in [4.69, 9.17) is 10.5 Å². The first-order chi connectivity index (χ1) is 8.40. The van der Waals surface area contributed by atoms with Crippen molar-refractivity contribution in [3.8, 4) is 5.75 Å². The van der Waals surface area contributed by atoms with Gasteiger partial charge in [-0.15, -0.1) is 0 Å². The van der Waals surface area contributed by atoms with E-state index in [0.717, 1.165) is 12.8 Å². The summed E-state index contributed by atoms with van der Waals surface area (Å²) >= 11 is 0. The number of hydrogen-bond donors (Lipinski definition) is 2. The summed E-state index contributed by atoms with van der Waals surface area (Å²) in [6.45, 7) is 4.03. The Morgan fingerprint density at radius 2 is 2.11 bits per heavy atom.